The van der Waals surface area contributed by atoms with E-state index >= 15 is 0 Å². The zero-order valence-electron chi connectivity index (χ0n) is 6.95. The van der Waals surface area contributed by atoms with Crippen molar-refractivity contribution in [2.24, 2.45) is 5.73 Å². The molecule has 0 fully saturated rings. The summed E-state index contributed by atoms with van der Waals surface area (Å²) in [5, 5.41) is 8.95. The van der Waals surface area contributed by atoms with Gasteiger partial charge in [-0.3, -0.25) is 15.6 Å². The summed E-state index contributed by atoms with van der Waals surface area (Å²) in [5.41, 5.74) is 10.8. The van der Waals surface area contributed by atoms with Gasteiger partial charge in [0.2, 0.25) is 0 Å². The molecule has 0 aromatic heterocycles. The smallest absolute Gasteiger partial charge is 0.252 e. The molecule has 5 N–H and O–H groups in total. The van der Waals surface area contributed by atoms with Gasteiger partial charge in [-0.05, 0) is 24.3 Å². The number of anilines is 1. The molecule has 0 radical (unpaired) electrons. The minimum absolute atomic E-state index is 0.0644. The van der Waals surface area contributed by atoms with E-state index in [2.05, 4.69) is 10.9 Å². The molecular weight excluding hydrogens is 170 g/mol. The maximum atomic E-state index is 10.7. The second-order valence-corrected chi connectivity index (χ2v) is 2.42. The summed E-state index contributed by atoms with van der Waals surface area (Å²) in [7, 11) is 0. The molecule has 0 aliphatic heterocycles. The van der Waals surface area contributed by atoms with Crippen LogP contribution in [0.25, 0.3) is 0 Å². The van der Waals surface area contributed by atoms with Crippen molar-refractivity contribution in [2.45, 2.75) is 0 Å². The van der Waals surface area contributed by atoms with Crippen molar-refractivity contribution >= 4 is 11.6 Å². The number of aromatic hydroxyl groups is 1. The second kappa shape index (κ2) is 4.32. The maximum Gasteiger partial charge on any atom is 0.252 e. The number of hydrogen-bond donors (Lipinski definition) is 4. The van der Waals surface area contributed by atoms with E-state index in [4.69, 9.17) is 10.8 Å². The quantitative estimate of drug-likeness (QED) is 0.384. The molecule has 1 aromatic carbocycles. The minimum Gasteiger partial charge on any atom is -0.508 e. The molecule has 1 amide bonds. The molecule has 70 valence electrons. The van der Waals surface area contributed by atoms with Gasteiger partial charge in [-0.25, -0.2) is 0 Å². The van der Waals surface area contributed by atoms with Gasteiger partial charge in [0.1, 0.15) is 5.75 Å². The molecule has 13 heavy (non-hydrogen) atoms. The van der Waals surface area contributed by atoms with Crippen LogP contribution in [0.4, 0.5) is 5.69 Å². The van der Waals surface area contributed by atoms with E-state index in [1.165, 1.54) is 12.1 Å². The highest BCUT2D eigenvalue weighted by molar-refractivity contribution is 5.79. The van der Waals surface area contributed by atoms with Crippen LogP contribution in [0, 0.1) is 0 Å². The lowest BCUT2D eigenvalue weighted by Gasteiger charge is -2.06. The van der Waals surface area contributed by atoms with Crippen molar-refractivity contribution in [1.82, 2.24) is 5.43 Å². The number of carbonyl (C=O) groups excluding carboxylic acids is 1. The molecule has 0 heterocycles. The number of nitrogens with one attached hydrogen (secondary N) is 2. The van der Waals surface area contributed by atoms with E-state index in [1.54, 1.807) is 12.1 Å². The summed E-state index contributed by atoms with van der Waals surface area (Å²) in [6.45, 7) is -0.0644. The highest BCUT2D eigenvalue weighted by atomic mass is 16.3. The summed E-state index contributed by atoms with van der Waals surface area (Å²) >= 11 is 0. The van der Waals surface area contributed by atoms with Gasteiger partial charge in [-0.15, -0.1) is 0 Å². The van der Waals surface area contributed by atoms with Crippen LogP contribution in [0.15, 0.2) is 24.3 Å². The average Bonchev–Trinajstić information content (AvgIpc) is 2.16. The monoisotopic (exact) mass is 181 g/mol. The lowest BCUT2D eigenvalue weighted by molar-refractivity contribution is -0.119. The van der Waals surface area contributed by atoms with Gasteiger partial charge in [-0.1, -0.05) is 0 Å². The first-order valence-electron chi connectivity index (χ1n) is 3.76. The molecule has 0 saturated heterocycles. The molecule has 0 aliphatic carbocycles. The number of phenols is 1. The Kier molecular flexibility index (Phi) is 3.10. The Morgan fingerprint density at radius 1 is 1.38 bits per heavy atom. The Morgan fingerprint density at radius 3 is 2.54 bits per heavy atom. The van der Waals surface area contributed by atoms with Gasteiger partial charge in [0, 0.05) is 0 Å². The molecule has 0 atom stereocenters. The fourth-order valence-corrected chi connectivity index (χ4v) is 0.738. The summed E-state index contributed by atoms with van der Waals surface area (Å²) in [5.74, 6) is -0.122. The van der Waals surface area contributed by atoms with Crippen molar-refractivity contribution < 1.29 is 9.90 Å². The Labute approximate surface area is 75.5 Å². The highest BCUT2D eigenvalue weighted by Gasteiger charge is 1.95. The number of rotatable bonds is 3. The zero-order chi connectivity index (χ0) is 9.68. The van der Waals surface area contributed by atoms with Crippen LogP contribution in [0.1, 0.15) is 0 Å². The number of amides is 1. The fraction of sp³-hybridized carbons (Fsp3) is 0.125. The summed E-state index contributed by atoms with van der Waals surface area (Å²) < 4.78 is 0. The molecular formula is C8H11N3O2. The van der Waals surface area contributed by atoms with E-state index < -0.39 is 0 Å². The third-order valence-electron chi connectivity index (χ3n) is 1.40. The second-order valence-electron chi connectivity index (χ2n) is 2.42. The predicted octanol–water partition coefficient (Wildman–Crippen LogP) is -0.206. The van der Waals surface area contributed by atoms with E-state index in [9.17, 15) is 4.79 Å². The van der Waals surface area contributed by atoms with E-state index in [0.29, 0.717) is 5.69 Å². The van der Waals surface area contributed by atoms with Crippen molar-refractivity contribution in [2.75, 3.05) is 12.0 Å². The number of nitrogens with two attached hydrogens (primary N) is 1. The largest absolute Gasteiger partial charge is 0.508 e. The first kappa shape index (κ1) is 9.34. The van der Waals surface area contributed by atoms with Gasteiger partial charge in [0.05, 0.1) is 12.2 Å². The lowest BCUT2D eigenvalue weighted by atomic mass is 10.3. The van der Waals surface area contributed by atoms with Crippen LogP contribution in [-0.4, -0.2) is 17.6 Å². The first-order chi connectivity index (χ1) is 6.22. The van der Waals surface area contributed by atoms with Crippen LogP contribution in [0.3, 0.4) is 0 Å². The van der Waals surface area contributed by atoms with Crippen LogP contribution in [0.5, 0.6) is 5.75 Å². The Balaban J connectivity index is 2.46. The zero-order valence-corrected chi connectivity index (χ0v) is 6.95. The molecule has 1 aromatic rings. The summed E-state index contributed by atoms with van der Waals surface area (Å²) in [4.78, 5) is 10.7. The third-order valence-corrected chi connectivity index (χ3v) is 1.40. The van der Waals surface area contributed by atoms with Gasteiger partial charge < -0.3 is 10.8 Å². The minimum atomic E-state index is -0.298. The first-order valence-corrected chi connectivity index (χ1v) is 3.76. The molecule has 0 unspecified atom stereocenters. The number of carbonyl (C=O) groups is 1. The topological polar surface area (TPSA) is 87.4 Å². The number of hydrogen-bond acceptors (Lipinski definition) is 4. The fourth-order valence-electron chi connectivity index (χ4n) is 0.738. The predicted molar refractivity (Wildman–Crippen MR) is 48.9 cm³/mol. The molecule has 0 spiro atoms. The van der Waals surface area contributed by atoms with Gasteiger partial charge in [-0.2, -0.15) is 0 Å². The van der Waals surface area contributed by atoms with Crippen molar-refractivity contribution in [3.05, 3.63) is 24.3 Å². The molecule has 1 rings (SSSR count). The van der Waals surface area contributed by atoms with Crippen LogP contribution < -0.4 is 16.6 Å². The molecule has 0 aliphatic rings. The molecule has 0 saturated carbocycles. The van der Waals surface area contributed by atoms with E-state index in [-0.39, 0.29) is 18.2 Å². The summed E-state index contributed by atoms with van der Waals surface area (Å²) in [6.07, 6.45) is 0. The van der Waals surface area contributed by atoms with Crippen LogP contribution in [-0.2, 0) is 4.79 Å². The molecule has 5 heteroatoms. The Morgan fingerprint density at radius 2 is 2.00 bits per heavy atom. The molecule has 0 bridgehead atoms. The SMILES string of the molecule is NCC(=O)NNc1ccc(O)cc1. The average molecular weight is 181 g/mol. The standard InChI is InChI=1S/C8H11N3O2/c9-5-8(13)11-10-6-1-3-7(12)4-2-6/h1-4,10,12H,5,9H2,(H,11,13). The van der Waals surface area contributed by atoms with Crippen LogP contribution in [0.2, 0.25) is 0 Å². The van der Waals surface area contributed by atoms with Crippen molar-refractivity contribution in [3.63, 3.8) is 0 Å². The maximum absolute atomic E-state index is 10.7. The highest BCUT2D eigenvalue weighted by Crippen LogP contribution is 2.12. The Hall–Kier alpha value is -1.75. The summed E-state index contributed by atoms with van der Waals surface area (Å²) in [6, 6.07) is 6.28. The van der Waals surface area contributed by atoms with Gasteiger partial charge >= 0.3 is 0 Å². The lowest BCUT2D eigenvalue weighted by Crippen LogP contribution is -2.34. The number of phenolic OH excluding ortho intramolecular Hbond substituents is 1. The van der Waals surface area contributed by atoms with Crippen molar-refractivity contribution in [3.8, 4) is 5.75 Å². The van der Waals surface area contributed by atoms with Gasteiger partial charge in [0.25, 0.3) is 5.91 Å². The van der Waals surface area contributed by atoms with Crippen LogP contribution >= 0.6 is 0 Å². The third kappa shape index (κ3) is 3.00. The Bertz CT molecular complexity index is 284. The molecule has 5 nitrogen and oxygen atoms in total. The van der Waals surface area contributed by atoms with Gasteiger partial charge in [0.15, 0.2) is 0 Å². The van der Waals surface area contributed by atoms with E-state index in [0.717, 1.165) is 0 Å². The normalized spacial score (nSPS) is 9.31. The number of benzene rings is 1. The van der Waals surface area contributed by atoms with E-state index in [1.807, 2.05) is 0 Å². The van der Waals surface area contributed by atoms with Crippen molar-refractivity contribution in [1.29, 1.82) is 0 Å². The number of hydrazine groups is 1.